The van der Waals surface area contributed by atoms with Crippen molar-refractivity contribution in [2.75, 3.05) is 0 Å². The minimum Gasteiger partial charge on any atom is -0.377 e. The van der Waals surface area contributed by atoms with Gasteiger partial charge in [0.15, 0.2) is 16.5 Å². The number of aliphatic hydroxyl groups is 1. The van der Waals surface area contributed by atoms with Gasteiger partial charge in [0.25, 0.3) is 0 Å². The Morgan fingerprint density at radius 3 is 2.50 bits per heavy atom. The van der Waals surface area contributed by atoms with Gasteiger partial charge in [0.1, 0.15) is 0 Å². The van der Waals surface area contributed by atoms with E-state index >= 15 is 0 Å². The van der Waals surface area contributed by atoms with E-state index in [2.05, 4.69) is 0 Å². The summed E-state index contributed by atoms with van der Waals surface area (Å²) in [6.07, 6.45) is 0.821. The lowest BCUT2D eigenvalue weighted by molar-refractivity contribution is 0.254. The van der Waals surface area contributed by atoms with E-state index in [1.165, 1.54) is 0 Å². The van der Waals surface area contributed by atoms with Crippen LogP contribution in [0.3, 0.4) is 0 Å². The number of hydrogen-bond donors (Lipinski definition) is 3. The molecule has 2 unspecified atom stereocenters. The minimum atomic E-state index is -2.21. The Hall–Kier alpha value is -0.260. The molecule has 0 radical (unpaired) electrons. The Morgan fingerprint density at radius 2 is 2.38 bits per heavy atom. The number of hydrogen-bond acceptors (Lipinski definition) is 3. The van der Waals surface area contributed by atoms with Crippen molar-refractivity contribution in [2.45, 2.75) is 11.9 Å². The van der Waals surface area contributed by atoms with E-state index in [0.717, 1.165) is 6.21 Å². The molecule has 48 valence electrons. The van der Waals surface area contributed by atoms with Gasteiger partial charge in [-0.15, -0.1) is 0 Å². The Labute approximate surface area is 49.3 Å². The minimum absolute atomic E-state index is 0.0664. The summed E-state index contributed by atoms with van der Waals surface area (Å²) in [5, 5.41) is 14.8. The van der Waals surface area contributed by atoms with Crippen molar-refractivity contribution < 1.29 is 13.9 Å². The fourth-order valence-electron chi connectivity index (χ4n) is 0.183. The predicted molar refractivity (Wildman–Crippen MR) is 30.2 cm³/mol. The molecule has 0 aromatic carbocycles. The van der Waals surface area contributed by atoms with Crippen molar-refractivity contribution >= 4 is 17.3 Å². The Morgan fingerprint density at radius 1 is 1.88 bits per heavy atom. The van der Waals surface area contributed by atoms with Gasteiger partial charge in [-0.3, -0.25) is 0 Å². The zero-order valence-electron chi connectivity index (χ0n) is 4.07. The average Bonchev–Trinajstić information content (AvgIpc) is 1.67. The third kappa shape index (κ3) is 2.84. The fraction of sp³-hybridized carbons (Fsp3) is 0.667. The molecule has 0 spiro atoms. The molecule has 0 aliphatic carbocycles. The summed E-state index contributed by atoms with van der Waals surface area (Å²) in [6, 6.07) is 0. The van der Waals surface area contributed by atoms with Gasteiger partial charge >= 0.3 is 0 Å². The molecule has 0 amide bonds. The smallest absolute Gasteiger partial charge is 0.182 e. The Bertz CT molecular complexity index is 105. The van der Waals surface area contributed by atoms with Gasteiger partial charge in [-0.05, 0) is 6.21 Å². The van der Waals surface area contributed by atoms with E-state index in [1.807, 2.05) is 0 Å². The molecule has 0 rings (SSSR count). The third-order valence-corrected chi connectivity index (χ3v) is 1.21. The number of rotatable bonds is 3. The van der Waals surface area contributed by atoms with Gasteiger partial charge in [0.2, 0.25) is 0 Å². The highest BCUT2D eigenvalue weighted by Gasteiger charge is 2.06. The summed E-state index contributed by atoms with van der Waals surface area (Å²) in [5.41, 5.74) is -1.30. The molecule has 0 aromatic heterocycles. The molecular weight excluding hydrogens is 130 g/mol. The van der Waals surface area contributed by atoms with Crippen LogP contribution in [-0.2, 0) is 11.1 Å². The highest BCUT2D eigenvalue weighted by molar-refractivity contribution is 7.79. The molecule has 0 saturated carbocycles. The van der Waals surface area contributed by atoms with Gasteiger partial charge in [0, 0.05) is 6.42 Å². The molecule has 2 atom stereocenters. The third-order valence-electron chi connectivity index (χ3n) is 0.552. The SMILES string of the molecule is N=CCC(O)S(=O)O. The van der Waals surface area contributed by atoms with Crippen molar-refractivity contribution in [3.8, 4) is 0 Å². The Balaban J connectivity index is 3.46. The van der Waals surface area contributed by atoms with Crippen molar-refractivity contribution in [1.82, 2.24) is 0 Å². The summed E-state index contributed by atoms with van der Waals surface area (Å²) >= 11 is -2.21. The topological polar surface area (TPSA) is 81.4 Å². The molecule has 0 aromatic rings. The van der Waals surface area contributed by atoms with Gasteiger partial charge in [0.05, 0.1) is 0 Å². The van der Waals surface area contributed by atoms with Crippen molar-refractivity contribution in [2.24, 2.45) is 0 Å². The van der Waals surface area contributed by atoms with Gasteiger partial charge < -0.3 is 15.1 Å². The average molecular weight is 137 g/mol. The van der Waals surface area contributed by atoms with E-state index in [4.69, 9.17) is 15.1 Å². The van der Waals surface area contributed by atoms with Crippen molar-refractivity contribution in [1.29, 1.82) is 5.41 Å². The summed E-state index contributed by atoms with van der Waals surface area (Å²) in [5.74, 6) is 0. The molecule has 0 saturated heterocycles. The maximum Gasteiger partial charge on any atom is 0.182 e. The van der Waals surface area contributed by atoms with Crippen LogP contribution in [0.1, 0.15) is 6.42 Å². The quantitative estimate of drug-likeness (QED) is 0.364. The second-order valence-corrected chi connectivity index (χ2v) is 2.27. The van der Waals surface area contributed by atoms with Crippen LogP contribution in [0.15, 0.2) is 0 Å². The molecule has 0 aliphatic heterocycles. The normalized spacial score (nSPS) is 17.2. The van der Waals surface area contributed by atoms with Crippen LogP contribution in [0.5, 0.6) is 0 Å². The summed E-state index contributed by atoms with van der Waals surface area (Å²) in [6.45, 7) is 0. The fourth-order valence-corrected chi connectivity index (χ4v) is 0.444. The van der Waals surface area contributed by atoms with Gasteiger partial charge in [-0.25, -0.2) is 4.21 Å². The van der Waals surface area contributed by atoms with Gasteiger partial charge in [-0.2, -0.15) is 0 Å². The van der Waals surface area contributed by atoms with Gasteiger partial charge in [-0.1, -0.05) is 0 Å². The van der Waals surface area contributed by atoms with Crippen LogP contribution in [0.2, 0.25) is 0 Å². The summed E-state index contributed by atoms with van der Waals surface area (Å²) < 4.78 is 17.9. The zero-order valence-corrected chi connectivity index (χ0v) is 4.89. The van der Waals surface area contributed by atoms with E-state index in [0.29, 0.717) is 0 Å². The molecule has 4 nitrogen and oxygen atoms in total. The zero-order chi connectivity index (χ0) is 6.57. The first-order chi connectivity index (χ1) is 3.68. The second-order valence-electron chi connectivity index (χ2n) is 1.17. The lowest BCUT2D eigenvalue weighted by Gasteiger charge is -1.97. The van der Waals surface area contributed by atoms with E-state index < -0.39 is 16.5 Å². The first-order valence-electron chi connectivity index (χ1n) is 1.95. The van der Waals surface area contributed by atoms with Crippen LogP contribution >= 0.6 is 0 Å². The maximum atomic E-state index is 9.85. The standard InChI is InChI=1S/C3H7NO3S/c4-2-1-3(5)8(6)7/h2-5H,1H2,(H,6,7). The first kappa shape index (κ1) is 7.74. The monoisotopic (exact) mass is 137 g/mol. The van der Waals surface area contributed by atoms with Crippen LogP contribution in [-0.4, -0.2) is 25.5 Å². The van der Waals surface area contributed by atoms with Crippen molar-refractivity contribution in [3.05, 3.63) is 0 Å². The molecule has 0 aliphatic rings. The maximum absolute atomic E-state index is 9.85. The molecule has 8 heavy (non-hydrogen) atoms. The molecule has 5 heteroatoms. The molecule has 3 N–H and O–H groups in total. The number of aliphatic hydroxyl groups excluding tert-OH is 1. The van der Waals surface area contributed by atoms with Crippen molar-refractivity contribution in [3.63, 3.8) is 0 Å². The van der Waals surface area contributed by atoms with E-state index in [9.17, 15) is 4.21 Å². The first-order valence-corrected chi connectivity index (χ1v) is 3.12. The highest BCUT2D eigenvalue weighted by Crippen LogP contribution is 1.90. The predicted octanol–water partition coefficient (Wildman–Crippen LogP) is -0.434. The Kier molecular flexibility index (Phi) is 3.59. The highest BCUT2D eigenvalue weighted by atomic mass is 32.2. The van der Waals surface area contributed by atoms with Crippen LogP contribution in [0.25, 0.3) is 0 Å². The lowest BCUT2D eigenvalue weighted by atomic mass is 10.5. The number of nitrogens with one attached hydrogen (secondary N) is 1. The van der Waals surface area contributed by atoms with E-state index in [-0.39, 0.29) is 6.42 Å². The molecular formula is C3H7NO3S. The molecule has 0 heterocycles. The van der Waals surface area contributed by atoms with Crippen LogP contribution in [0.4, 0.5) is 0 Å². The van der Waals surface area contributed by atoms with Crippen LogP contribution in [0, 0.1) is 5.41 Å². The molecule has 0 bridgehead atoms. The molecule has 0 fully saturated rings. The summed E-state index contributed by atoms with van der Waals surface area (Å²) in [7, 11) is 0. The lowest BCUT2D eigenvalue weighted by Crippen LogP contribution is -2.12. The second kappa shape index (κ2) is 3.71. The van der Waals surface area contributed by atoms with Crippen LogP contribution < -0.4 is 0 Å². The van der Waals surface area contributed by atoms with E-state index in [1.54, 1.807) is 0 Å². The summed E-state index contributed by atoms with van der Waals surface area (Å²) in [4.78, 5) is 0. The largest absolute Gasteiger partial charge is 0.377 e.